The minimum atomic E-state index is -0.241. The van der Waals surface area contributed by atoms with Gasteiger partial charge < -0.3 is 21.0 Å². The number of H-pyrrole nitrogens is 1. The molecule has 0 fully saturated rings. The molecule has 1 heterocycles. The van der Waals surface area contributed by atoms with Gasteiger partial charge in [-0.15, -0.1) is 0 Å². The van der Waals surface area contributed by atoms with Crippen LogP contribution in [0.15, 0.2) is 11.4 Å². The summed E-state index contributed by atoms with van der Waals surface area (Å²) in [6.45, 7) is 2.76. The highest BCUT2D eigenvalue weighted by Crippen LogP contribution is 2.10. The number of carbonyl (C=O) groups is 1. The zero-order chi connectivity index (χ0) is 12.7. The van der Waals surface area contributed by atoms with Crippen LogP contribution in [0, 0.1) is 0 Å². The molecular weight excluding hydrogens is 226 g/mol. The smallest absolute Gasteiger partial charge is 0.227 e. The molecule has 0 atom stereocenters. The van der Waals surface area contributed by atoms with Crippen molar-refractivity contribution in [2.45, 2.75) is 13.3 Å². The fourth-order valence-corrected chi connectivity index (χ4v) is 1.14. The molecule has 0 bridgehead atoms. The first-order valence-electron chi connectivity index (χ1n) is 5.07. The molecule has 0 aromatic carbocycles. The predicted molar refractivity (Wildman–Crippen MR) is 60.8 cm³/mol. The highest BCUT2D eigenvalue weighted by Gasteiger charge is 2.12. The Balaban J connectivity index is 2.57. The number of nitrogens with one attached hydrogen (secondary N) is 2. The average Bonchev–Trinajstić information content (AvgIpc) is 2.76. The molecule has 8 nitrogen and oxygen atoms in total. The second-order valence-electron chi connectivity index (χ2n) is 3.14. The first-order chi connectivity index (χ1) is 8.19. The summed E-state index contributed by atoms with van der Waals surface area (Å²) in [7, 11) is 0. The van der Waals surface area contributed by atoms with Gasteiger partial charge in [0.15, 0.2) is 5.84 Å². The number of rotatable bonds is 6. The Morgan fingerprint density at radius 1 is 1.76 bits per heavy atom. The zero-order valence-corrected chi connectivity index (χ0v) is 9.43. The van der Waals surface area contributed by atoms with Gasteiger partial charge in [0.05, 0.1) is 24.8 Å². The summed E-state index contributed by atoms with van der Waals surface area (Å²) in [6.07, 6.45) is 1.58. The molecule has 0 saturated carbocycles. The van der Waals surface area contributed by atoms with Crippen molar-refractivity contribution in [3.63, 3.8) is 0 Å². The molecule has 17 heavy (non-hydrogen) atoms. The SMILES string of the molecule is CCOCCC(=O)Nc1[nH]ncc1C(N)=NO. The van der Waals surface area contributed by atoms with Crippen LogP contribution in [0.1, 0.15) is 18.9 Å². The van der Waals surface area contributed by atoms with Crippen LogP contribution in [-0.4, -0.2) is 40.4 Å². The summed E-state index contributed by atoms with van der Waals surface area (Å²) >= 11 is 0. The second-order valence-corrected chi connectivity index (χ2v) is 3.14. The molecule has 0 unspecified atom stereocenters. The van der Waals surface area contributed by atoms with Crippen molar-refractivity contribution in [2.75, 3.05) is 18.5 Å². The minimum absolute atomic E-state index is 0.126. The summed E-state index contributed by atoms with van der Waals surface area (Å²) in [4.78, 5) is 11.5. The number of ether oxygens (including phenoxy) is 1. The lowest BCUT2D eigenvalue weighted by molar-refractivity contribution is -0.117. The third-order valence-corrected chi connectivity index (χ3v) is 1.97. The summed E-state index contributed by atoms with van der Waals surface area (Å²) in [5.41, 5.74) is 5.73. The minimum Gasteiger partial charge on any atom is -0.409 e. The molecule has 1 amide bonds. The lowest BCUT2D eigenvalue weighted by Crippen LogP contribution is -2.19. The number of anilines is 1. The molecule has 0 spiro atoms. The summed E-state index contributed by atoms with van der Waals surface area (Å²) in [5.74, 6) is -0.0738. The molecule has 8 heteroatoms. The van der Waals surface area contributed by atoms with Gasteiger partial charge in [0.2, 0.25) is 5.91 Å². The molecule has 0 radical (unpaired) electrons. The molecule has 0 aliphatic carbocycles. The van der Waals surface area contributed by atoms with E-state index in [2.05, 4.69) is 20.7 Å². The van der Waals surface area contributed by atoms with Gasteiger partial charge in [-0.3, -0.25) is 9.89 Å². The third-order valence-electron chi connectivity index (χ3n) is 1.97. The maximum atomic E-state index is 11.5. The first kappa shape index (κ1) is 13.0. The fraction of sp³-hybridized carbons (Fsp3) is 0.444. The van der Waals surface area contributed by atoms with E-state index >= 15 is 0 Å². The van der Waals surface area contributed by atoms with Crippen molar-refractivity contribution < 1.29 is 14.7 Å². The van der Waals surface area contributed by atoms with Gasteiger partial charge in [0.25, 0.3) is 0 Å². The average molecular weight is 241 g/mol. The summed E-state index contributed by atoms with van der Waals surface area (Å²) in [6, 6.07) is 0. The van der Waals surface area contributed by atoms with Crippen LogP contribution in [0.25, 0.3) is 0 Å². The van der Waals surface area contributed by atoms with Crippen molar-refractivity contribution in [3.05, 3.63) is 11.8 Å². The Morgan fingerprint density at radius 3 is 3.18 bits per heavy atom. The van der Waals surface area contributed by atoms with Crippen molar-refractivity contribution in [1.82, 2.24) is 10.2 Å². The Morgan fingerprint density at radius 2 is 2.53 bits per heavy atom. The highest BCUT2D eigenvalue weighted by atomic mass is 16.5. The van der Waals surface area contributed by atoms with Crippen LogP contribution in [0.2, 0.25) is 0 Å². The largest absolute Gasteiger partial charge is 0.409 e. The summed E-state index contributed by atoms with van der Waals surface area (Å²) < 4.78 is 5.05. The highest BCUT2D eigenvalue weighted by molar-refractivity contribution is 6.04. The summed E-state index contributed by atoms with van der Waals surface area (Å²) in [5, 5.41) is 20.2. The van der Waals surface area contributed by atoms with Crippen molar-refractivity contribution in [2.24, 2.45) is 10.9 Å². The number of nitrogens with zero attached hydrogens (tertiary/aromatic N) is 2. The van der Waals surface area contributed by atoms with Gasteiger partial charge in [0.1, 0.15) is 5.82 Å². The van der Waals surface area contributed by atoms with Gasteiger partial charge in [0, 0.05) is 6.61 Å². The number of hydrogen-bond acceptors (Lipinski definition) is 5. The zero-order valence-electron chi connectivity index (χ0n) is 9.43. The van der Waals surface area contributed by atoms with Crippen LogP contribution in [-0.2, 0) is 9.53 Å². The number of carbonyl (C=O) groups excluding carboxylic acids is 1. The van der Waals surface area contributed by atoms with Crippen LogP contribution < -0.4 is 11.1 Å². The van der Waals surface area contributed by atoms with Gasteiger partial charge in [-0.05, 0) is 6.92 Å². The number of aromatic amines is 1. The van der Waals surface area contributed by atoms with E-state index in [0.717, 1.165) is 0 Å². The first-order valence-corrected chi connectivity index (χ1v) is 5.07. The van der Waals surface area contributed by atoms with Gasteiger partial charge >= 0.3 is 0 Å². The lowest BCUT2D eigenvalue weighted by Gasteiger charge is -2.04. The van der Waals surface area contributed by atoms with Crippen LogP contribution >= 0.6 is 0 Å². The topological polar surface area (TPSA) is 126 Å². The van der Waals surface area contributed by atoms with E-state index in [9.17, 15) is 4.79 Å². The van der Waals surface area contributed by atoms with Crippen LogP contribution in [0.5, 0.6) is 0 Å². The van der Waals surface area contributed by atoms with E-state index in [4.69, 9.17) is 15.7 Å². The molecule has 0 saturated heterocycles. The monoisotopic (exact) mass is 241 g/mol. The Kier molecular flexibility index (Phi) is 4.95. The molecule has 0 aliphatic rings. The predicted octanol–water partition coefficient (Wildman–Crippen LogP) is -0.131. The fourth-order valence-electron chi connectivity index (χ4n) is 1.14. The molecule has 5 N–H and O–H groups in total. The second kappa shape index (κ2) is 6.48. The van der Waals surface area contributed by atoms with Crippen molar-refractivity contribution in [1.29, 1.82) is 0 Å². The molecule has 0 aliphatic heterocycles. The van der Waals surface area contributed by atoms with E-state index in [1.165, 1.54) is 6.20 Å². The van der Waals surface area contributed by atoms with E-state index in [1.807, 2.05) is 6.92 Å². The van der Waals surface area contributed by atoms with Crippen molar-refractivity contribution in [3.8, 4) is 0 Å². The van der Waals surface area contributed by atoms with E-state index in [1.54, 1.807) is 0 Å². The molecule has 1 aromatic rings. The maximum Gasteiger partial charge on any atom is 0.227 e. The molecule has 94 valence electrons. The van der Waals surface area contributed by atoms with Gasteiger partial charge in [-0.1, -0.05) is 5.16 Å². The normalized spacial score (nSPS) is 11.5. The van der Waals surface area contributed by atoms with E-state index in [-0.39, 0.29) is 18.2 Å². The lowest BCUT2D eigenvalue weighted by atomic mass is 10.3. The maximum absolute atomic E-state index is 11.5. The number of amidine groups is 1. The standard InChI is InChI=1S/C9H15N5O3/c1-2-17-4-3-7(15)12-9-6(5-11-13-9)8(10)14-16/h5,16H,2-4H2,1H3,(H2,10,14)(H2,11,12,13,15). The number of amides is 1. The van der Waals surface area contributed by atoms with Crippen LogP contribution in [0.3, 0.4) is 0 Å². The molecule has 1 rings (SSSR count). The van der Waals surface area contributed by atoms with Gasteiger partial charge in [-0.25, -0.2) is 0 Å². The van der Waals surface area contributed by atoms with Crippen LogP contribution in [0.4, 0.5) is 5.82 Å². The van der Waals surface area contributed by atoms with Gasteiger partial charge in [-0.2, -0.15) is 5.10 Å². The van der Waals surface area contributed by atoms with Crippen molar-refractivity contribution >= 4 is 17.6 Å². The molecular formula is C9H15N5O3. The van der Waals surface area contributed by atoms with E-state index < -0.39 is 0 Å². The number of hydrogen-bond donors (Lipinski definition) is 4. The quantitative estimate of drug-likeness (QED) is 0.181. The number of aromatic nitrogens is 2. The number of oxime groups is 1. The molecule has 1 aromatic heterocycles. The Labute approximate surface area is 97.8 Å². The number of nitrogens with two attached hydrogens (primary N) is 1. The van der Waals surface area contributed by atoms with E-state index in [0.29, 0.717) is 24.6 Å². The Bertz CT molecular complexity index is 401. The third kappa shape index (κ3) is 3.76. The Hall–Kier alpha value is -2.09.